The second-order valence-electron chi connectivity index (χ2n) is 7.69. The lowest BCUT2D eigenvalue weighted by molar-refractivity contribution is -0.132. The molecule has 1 amide bonds. The van der Waals surface area contributed by atoms with Crippen molar-refractivity contribution in [2.45, 2.75) is 44.1 Å². The third kappa shape index (κ3) is 3.36. The first-order chi connectivity index (χ1) is 13.1. The Balaban J connectivity index is 1.60. The van der Waals surface area contributed by atoms with Crippen LogP contribution < -0.4 is 10.5 Å². The molecule has 2 N–H and O–H groups in total. The molecule has 142 valence electrons. The van der Waals surface area contributed by atoms with Crippen LogP contribution in [0.2, 0.25) is 0 Å². The third-order valence-corrected chi connectivity index (χ3v) is 5.80. The van der Waals surface area contributed by atoms with Gasteiger partial charge in [0.05, 0.1) is 5.52 Å². The van der Waals surface area contributed by atoms with Crippen molar-refractivity contribution in [2.24, 2.45) is 16.6 Å². The average molecular weight is 366 g/mol. The van der Waals surface area contributed by atoms with E-state index in [1.807, 2.05) is 30.3 Å². The molecule has 2 heterocycles. The van der Waals surface area contributed by atoms with Gasteiger partial charge in [0.1, 0.15) is 12.4 Å². The first-order valence-corrected chi connectivity index (χ1v) is 9.69. The SMILES string of the molecule is CN1C(=O)C(COc2cccc3ncccc23)(CC2CCCCC2)N=C1N. The van der Waals surface area contributed by atoms with Gasteiger partial charge in [0.2, 0.25) is 0 Å². The minimum absolute atomic E-state index is 0.0658. The Morgan fingerprint density at radius 2 is 2.04 bits per heavy atom. The number of nitrogens with two attached hydrogens (primary N) is 1. The van der Waals surface area contributed by atoms with E-state index in [1.165, 1.54) is 24.2 Å². The Hall–Kier alpha value is -2.63. The molecule has 1 aliphatic heterocycles. The molecule has 0 radical (unpaired) electrons. The molecule has 2 aromatic rings. The number of amides is 1. The predicted octanol–water partition coefficient (Wildman–Crippen LogP) is 3.11. The smallest absolute Gasteiger partial charge is 0.260 e. The van der Waals surface area contributed by atoms with Gasteiger partial charge in [-0.2, -0.15) is 0 Å². The summed E-state index contributed by atoms with van der Waals surface area (Å²) in [5.41, 5.74) is 5.94. The van der Waals surface area contributed by atoms with E-state index in [0.29, 0.717) is 12.3 Å². The molecule has 1 aromatic heterocycles. The number of aromatic nitrogens is 1. The van der Waals surface area contributed by atoms with Crippen LogP contribution in [0.3, 0.4) is 0 Å². The molecule has 0 bridgehead atoms. The van der Waals surface area contributed by atoms with E-state index in [-0.39, 0.29) is 18.5 Å². The summed E-state index contributed by atoms with van der Waals surface area (Å²) in [6.45, 7) is 0.196. The van der Waals surface area contributed by atoms with Crippen molar-refractivity contribution in [3.8, 4) is 5.75 Å². The number of ether oxygens (including phenoxy) is 1. The summed E-state index contributed by atoms with van der Waals surface area (Å²) < 4.78 is 6.17. The summed E-state index contributed by atoms with van der Waals surface area (Å²) in [5, 5.41) is 0.934. The molecule has 1 aliphatic carbocycles. The molecule has 6 nitrogen and oxygen atoms in total. The Labute approximate surface area is 159 Å². The number of benzene rings is 1. The summed E-state index contributed by atoms with van der Waals surface area (Å²) in [5.74, 6) is 1.42. The van der Waals surface area contributed by atoms with E-state index in [9.17, 15) is 4.79 Å². The lowest BCUT2D eigenvalue weighted by Crippen LogP contribution is -2.47. The number of fused-ring (bicyclic) bond motifs is 1. The summed E-state index contributed by atoms with van der Waals surface area (Å²) in [6.07, 6.45) is 8.47. The van der Waals surface area contributed by atoms with Crippen LogP contribution >= 0.6 is 0 Å². The molecule has 1 aromatic carbocycles. The molecule has 1 unspecified atom stereocenters. The highest BCUT2D eigenvalue weighted by molar-refractivity contribution is 6.06. The number of hydrogen-bond donors (Lipinski definition) is 1. The summed E-state index contributed by atoms with van der Waals surface area (Å²) in [7, 11) is 1.69. The monoisotopic (exact) mass is 366 g/mol. The van der Waals surface area contributed by atoms with Crippen LogP contribution in [0.4, 0.5) is 0 Å². The molecule has 0 saturated heterocycles. The third-order valence-electron chi connectivity index (χ3n) is 5.80. The van der Waals surface area contributed by atoms with Crippen molar-refractivity contribution in [1.29, 1.82) is 0 Å². The number of nitrogens with zero attached hydrogens (tertiary/aromatic N) is 3. The molecule has 1 atom stereocenters. The van der Waals surface area contributed by atoms with Crippen LogP contribution in [0, 0.1) is 5.92 Å². The fraction of sp³-hybridized carbons (Fsp3) is 0.476. The number of carbonyl (C=O) groups is 1. The number of guanidine groups is 1. The number of aliphatic imine (C=N–C) groups is 1. The van der Waals surface area contributed by atoms with E-state index in [0.717, 1.165) is 29.5 Å². The van der Waals surface area contributed by atoms with E-state index in [1.54, 1.807) is 13.2 Å². The minimum Gasteiger partial charge on any atom is -0.490 e. The highest BCUT2D eigenvalue weighted by Gasteiger charge is 2.48. The summed E-state index contributed by atoms with van der Waals surface area (Å²) in [4.78, 5) is 23.5. The number of pyridine rings is 1. The maximum Gasteiger partial charge on any atom is 0.260 e. The van der Waals surface area contributed by atoms with Gasteiger partial charge < -0.3 is 10.5 Å². The zero-order chi connectivity index (χ0) is 18.9. The largest absolute Gasteiger partial charge is 0.490 e. The summed E-state index contributed by atoms with van der Waals surface area (Å²) >= 11 is 0. The second kappa shape index (κ2) is 7.18. The number of carbonyl (C=O) groups excluding carboxylic acids is 1. The van der Waals surface area contributed by atoms with Crippen LogP contribution in [0.5, 0.6) is 5.75 Å². The van der Waals surface area contributed by atoms with Gasteiger partial charge in [-0.3, -0.25) is 14.7 Å². The van der Waals surface area contributed by atoms with E-state index < -0.39 is 5.54 Å². The van der Waals surface area contributed by atoms with Gasteiger partial charge in [0, 0.05) is 18.6 Å². The lowest BCUT2D eigenvalue weighted by Gasteiger charge is -2.31. The Morgan fingerprint density at radius 1 is 1.22 bits per heavy atom. The molecule has 6 heteroatoms. The Morgan fingerprint density at radius 3 is 2.78 bits per heavy atom. The van der Waals surface area contributed by atoms with Crippen molar-refractivity contribution < 1.29 is 9.53 Å². The number of rotatable bonds is 5. The first-order valence-electron chi connectivity index (χ1n) is 9.69. The van der Waals surface area contributed by atoms with Crippen LogP contribution in [0.1, 0.15) is 38.5 Å². The molecular formula is C21H26N4O2. The van der Waals surface area contributed by atoms with Crippen molar-refractivity contribution in [3.05, 3.63) is 36.5 Å². The predicted molar refractivity (Wildman–Crippen MR) is 106 cm³/mol. The van der Waals surface area contributed by atoms with Gasteiger partial charge in [-0.1, -0.05) is 38.2 Å². The normalized spacial score (nSPS) is 23.7. The van der Waals surface area contributed by atoms with Crippen LogP contribution in [-0.4, -0.2) is 40.9 Å². The number of likely N-dealkylation sites (N-methyl/N-ethyl adjacent to an activating group) is 1. The molecule has 1 fully saturated rings. The van der Waals surface area contributed by atoms with Gasteiger partial charge in [-0.15, -0.1) is 0 Å². The van der Waals surface area contributed by atoms with E-state index in [4.69, 9.17) is 10.5 Å². The van der Waals surface area contributed by atoms with Crippen molar-refractivity contribution >= 4 is 22.8 Å². The molecule has 27 heavy (non-hydrogen) atoms. The molecular weight excluding hydrogens is 340 g/mol. The molecule has 1 saturated carbocycles. The first kappa shape index (κ1) is 17.8. The van der Waals surface area contributed by atoms with Crippen molar-refractivity contribution in [1.82, 2.24) is 9.88 Å². The molecule has 0 spiro atoms. The van der Waals surface area contributed by atoms with Crippen molar-refractivity contribution in [3.63, 3.8) is 0 Å². The summed E-state index contributed by atoms with van der Waals surface area (Å²) in [6, 6.07) is 9.64. The van der Waals surface area contributed by atoms with Gasteiger partial charge in [0.15, 0.2) is 11.5 Å². The van der Waals surface area contributed by atoms with Crippen LogP contribution in [0.25, 0.3) is 10.9 Å². The molecule has 2 aliphatic rings. The average Bonchev–Trinajstić information content (AvgIpc) is 2.91. The van der Waals surface area contributed by atoms with Gasteiger partial charge >= 0.3 is 0 Å². The standard InChI is InChI=1S/C21H26N4O2/c1-25-19(26)21(24-20(25)22,13-15-7-3-2-4-8-15)14-27-18-11-5-10-17-16(18)9-6-12-23-17/h5-6,9-12,15H,2-4,7-8,13-14H2,1H3,(H2,22,24). The fourth-order valence-corrected chi connectivity index (χ4v) is 4.31. The fourth-order valence-electron chi connectivity index (χ4n) is 4.31. The van der Waals surface area contributed by atoms with Gasteiger partial charge in [-0.05, 0) is 36.6 Å². The van der Waals surface area contributed by atoms with Crippen LogP contribution in [-0.2, 0) is 4.79 Å². The molecule has 4 rings (SSSR count). The van der Waals surface area contributed by atoms with E-state index >= 15 is 0 Å². The maximum atomic E-state index is 13.0. The van der Waals surface area contributed by atoms with E-state index in [2.05, 4.69) is 9.98 Å². The Bertz CT molecular complexity index is 870. The van der Waals surface area contributed by atoms with Crippen LogP contribution in [0.15, 0.2) is 41.5 Å². The van der Waals surface area contributed by atoms with Gasteiger partial charge in [-0.25, -0.2) is 4.99 Å². The quantitative estimate of drug-likeness (QED) is 0.882. The Kier molecular flexibility index (Phi) is 4.72. The number of hydrogen-bond acceptors (Lipinski definition) is 5. The minimum atomic E-state index is -0.925. The lowest BCUT2D eigenvalue weighted by atomic mass is 9.79. The van der Waals surface area contributed by atoms with Gasteiger partial charge in [0.25, 0.3) is 5.91 Å². The highest BCUT2D eigenvalue weighted by Crippen LogP contribution is 2.36. The van der Waals surface area contributed by atoms with Crippen molar-refractivity contribution in [2.75, 3.05) is 13.7 Å². The zero-order valence-electron chi connectivity index (χ0n) is 15.7. The highest BCUT2D eigenvalue weighted by atomic mass is 16.5. The topological polar surface area (TPSA) is 80.8 Å². The maximum absolute atomic E-state index is 13.0. The second-order valence-corrected chi connectivity index (χ2v) is 7.69. The zero-order valence-corrected chi connectivity index (χ0v) is 15.7.